The average Bonchev–Trinajstić information content (AvgIpc) is 2.34. The van der Waals surface area contributed by atoms with Gasteiger partial charge in [-0.1, -0.05) is 23.2 Å². The smallest absolute Gasteiger partial charge is 0.265 e. The molecule has 0 fully saturated rings. The molecule has 0 bridgehead atoms. The number of aromatic nitrogens is 1. The van der Waals surface area contributed by atoms with Gasteiger partial charge in [0.1, 0.15) is 9.90 Å². The normalized spacial score (nSPS) is 9.00. The molecule has 1 heterocycles. The van der Waals surface area contributed by atoms with Crippen molar-refractivity contribution in [1.29, 1.82) is 0 Å². The molecule has 2 nitrogen and oxygen atoms in total. The number of halogens is 5. The van der Waals surface area contributed by atoms with E-state index < -0.39 is 5.24 Å². The largest absolute Gasteiger partial charge is 0.275 e. The lowest BCUT2D eigenvalue weighted by Crippen LogP contribution is -1.81. The Bertz CT molecular complexity index is 288. The fourth-order valence-electron chi connectivity index (χ4n) is 0.382. The molecule has 0 amide bonds. The molecule has 0 unspecified atom stereocenters. The maximum absolute atomic E-state index is 10.5. The van der Waals surface area contributed by atoms with Crippen molar-refractivity contribution in [3.8, 4) is 0 Å². The third kappa shape index (κ3) is 4.68. The van der Waals surface area contributed by atoms with Gasteiger partial charge in [-0.3, -0.25) is 4.79 Å². The van der Waals surface area contributed by atoms with Gasteiger partial charge in [-0.25, -0.2) is 0 Å². The second kappa shape index (κ2) is 7.10. The zero-order valence-electron chi connectivity index (χ0n) is 5.86. The first-order valence-electron chi connectivity index (χ1n) is 2.67. The lowest BCUT2D eigenvalue weighted by Gasteiger charge is -1.83. The van der Waals surface area contributed by atoms with Crippen molar-refractivity contribution in [2.45, 2.75) is 0 Å². The van der Waals surface area contributed by atoms with Crippen LogP contribution in [0.4, 0.5) is 0 Å². The molecule has 1 rings (SSSR count). The number of rotatable bonds is 1. The van der Waals surface area contributed by atoms with Crippen molar-refractivity contribution >= 4 is 74.8 Å². The molecule has 0 saturated carbocycles. The lowest BCUT2D eigenvalue weighted by atomic mass is 10.5. The molecule has 1 aromatic rings. The van der Waals surface area contributed by atoms with Gasteiger partial charge < -0.3 is 0 Å². The Morgan fingerprint density at radius 3 is 2.00 bits per heavy atom. The first kappa shape index (κ1) is 13.8. The fourth-order valence-corrected chi connectivity index (χ4v) is 1.68. The maximum atomic E-state index is 10.5. The van der Waals surface area contributed by atoms with E-state index in [1.165, 1.54) is 0 Å². The Hall–Kier alpha value is 0.750. The maximum Gasteiger partial charge on any atom is 0.265 e. The minimum absolute atomic E-state index is 0.121. The summed E-state index contributed by atoms with van der Waals surface area (Å²) in [6.07, 6.45) is 0. The topological polar surface area (TPSA) is 30.0 Å². The van der Waals surface area contributed by atoms with Crippen LogP contribution in [-0.4, -0.2) is 15.0 Å². The van der Waals surface area contributed by atoms with E-state index in [0.717, 1.165) is 11.5 Å². The number of carbonyl (C=O) groups excluding carboxylic acids is 1. The van der Waals surface area contributed by atoms with E-state index in [9.17, 15) is 4.79 Å². The fraction of sp³-hybridized carbons (Fsp3) is 0.200. The van der Waals surface area contributed by atoms with Crippen molar-refractivity contribution in [3.63, 3.8) is 0 Å². The van der Waals surface area contributed by atoms with Crippen LogP contribution in [0.5, 0.6) is 0 Å². The molecule has 0 aliphatic carbocycles. The van der Waals surface area contributed by atoms with E-state index in [4.69, 9.17) is 58.0 Å². The zero-order valence-corrected chi connectivity index (χ0v) is 10.5. The van der Waals surface area contributed by atoms with Crippen LogP contribution >= 0.6 is 69.5 Å². The molecule has 8 heteroatoms. The molecular weight excluding hydrogens is 299 g/mol. The van der Waals surface area contributed by atoms with Gasteiger partial charge >= 0.3 is 0 Å². The highest BCUT2D eigenvalue weighted by Gasteiger charge is 2.14. The van der Waals surface area contributed by atoms with Crippen molar-refractivity contribution in [1.82, 2.24) is 4.37 Å². The third-order valence-electron chi connectivity index (χ3n) is 0.776. The molecule has 0 aliphatic rings. The molecule has 0 N–H and O–H groups in total. The minimum atomic E-state index is -0.630. The summed E-state index contributed by atoms with van der Waals surface area (Å²) >= 11 is 26.5. The van der Waals surface area contributed by atoms with Crippen molar-refractivity contribution in [2.24, 2.45) is 0 Å². The van der Waals surface area contributed by atoms with E-state index in [2.05, 4.69) is 4.37 Å². The monoisotopic (exact) mass is 299 g/mol. The summed E-state index contributed by atoms with van der Waals surface area (Å²) in [5.74, 6) is 0. The Balaban J connectivity index is 0.000000424. The highest BCUT2D eigenvalue weighted by molar-refractivity contribution is 7.11. The third-order valence-corrected chi connectivity index (χ3v) is 2.87. The first-order chi connectivity index (χ1) is 6.04. The summed E-state index contributed by atoms with van der Waals surface area (Å²) in [6.45, 7) is 0. The molecule has 1 aromatic heterocycles. The molecule has 0 saturated heterocycles. The van der Waals surface area contributed by atoms with Crippen LogP contribution in [0.2, 0.25) is 10.2 Å². The Kier molecular flexibility index (Phi) is 7.51. The van der Waals surface area contributed by atoms with Crippen LogP contribution in [0.15, 0.2) is 0 Å². The molecule has 0 atom stereocenters. The molecule has 13 heavy (non-hydrogen) atoms. The predicted octanol–water partition coefficient (Wildman–Crippen LogP) is 4.25. The van der Waals surface area contributed by atoms with Crippen LogP contribution in [-0.2, 0) is 0 Å². The Morgan fingerprint density at radius 2 is 1.85 bits per heavy atom. The highest BCUT2D eigenvalue weighted by atomic mass is 35.5. The lowest BCUT2D eigenvalue weighted by molar-refractivity contribution is 0.108. The van der Waals surface area contributed by atoms with Crippen molar-refractivity contribution in [3.05, 3.63) is 15.1 Å². The minimum Gasteiger partial charge on any atom is -0.275 e. The molecule has 74 valence electrons. The zero-order chi connectivity index (χ0) is 10.4. The number of hydrogen-bond acceptors (Lipinski definition) is 3. The van der Waals surface area contributed by atoms with E-state index in [1.54, 1.807) is 0 Å². The van der Waals surface area contributed by atoms with Gasteiger partial charge in [0.15, 0.2) is 5.15 Å². The van der Waals surface area contributed by atoms with E-state index in [0.29, 0.717) is 0 Å². The second-order valence-electron chi connectivity index (χ2n) is 1.49. The molecule has 0 aliphatic heterocycles. The summed E-state index contributed by atoms with van der Waals surface area (Å²) in [4.78, 5) is 10.7. The molecule has 0 radical (unpaired) electrons. The van der Waals surface area contributed by atoms with Gasteiger partial charge in [-0.2, -0.15) is 4.37 Å². The summed E-state index contributed by atoms with van der Waals surface area (Å²) in [6, 6.07) is 0. The van der Waals surface area contributed by atoms with Gasteiger partial charge in [-0.05, 0) is 23.1 Å². The number of carbonyl (C=O) groups is 1. The second-order valence-corrected chi connectivity index (χ2v) is 4.15. The van der Waals surface area contributed by atoms with E-state index in [-0.39, 0.29) is 20.4 Å². The number of nitrogens with zero attached hydrogens (tertiary/aromatic N) is 1. The molecular formula is C5H2Cl5NOS. The van der Waals surface area contributed by atoms with Gasteiger partial charge in [0, 0.05) is 0 Å². The molecule has 0 aromatic carbocycles. The van der Waals surface area contributed by atoms with Crippen LogP contribution in [0, 0.1) is 0 Å². The Labute approximate surface area is 104 Å². The van der Waals surface area contributed by atoms with E-state index in [1.807, 2.05) is 0 Å². The summed E-state index contributed by atoms with van der Waals surface area (Å²) in [5, 5.41) is -0.184. The van der Waals surface area contributed by atoms with Gasteiger partial charge in [0.05, 0.1) is 5.34 Å². The van der Waals surface area contributed by atoms with Crippen molar-refractivity contribution < 1.29 is 4.79 Å². The quantitative estimate of drug-likeness (QED) is 0.573. The number of alkyl halides is 2. The SMILES string of the molecule is ClCCl.O=C(Cl)c1snc(Cl)c1Cl. The van der Waals surface area contributed by atoms with E-state index >= 15 is 0 Å². The number of hydrogen-bond donors (Lipinski definition) is 0. The highest BCUT2D eigenvalue weighted by Crippen LogP contribution is 2.29. The van der Waals surface area contributed by atoms with Crippen LogP contribution in [0.25, 0.3) is 0 Å². The predicted molar refractivity (Wildman–Crippen MR) is 58.9 cm³/mol. The van der Waals surface area contributed by atoms with Gasteiger partial charge in [0.2, 0.25) is 0 Å². The molecule has 0 spiro atoms. The average molecular weight is 301 g/mol. The van der Waals surface area contributed by atoms with Gasteiger partial charge in [0.25, 0.3) is 5.24 Å². The van der Waals surface area contributed by atoms with Crippen LogP contribution < -0.4 is 0 Å². The summed E-state index contributed by atoms with van der Waals surface area (Å²) in [5.41, 5.74) is 0. The van der Waals surface area contributed by atoms with Crippen LogP contribution in [0.1, 0.15) is 9.67 Å². The first-order valence-corrected chi connectivity index (χ1v) is 5.64. The summed E-state index contributed by atoms with van der Waals surface area (Å²) in [7, 11) is 0. The van der Waals surface area contributed by atoms with Crippen molar-refractivity contribution in [2.75, 3.05) is 5.34 Å². The Morgan fingerprint density at radius 1 is 1.38 bits per heavy atom. The summed E-state index contributed by atoms with van der Waals surface area (Å²) < 4.78 is 3.61. The van der Waals surface area contributed by atoms with Crippen LogP contribution in [0.3, 0.4) is 0 Å². The van der Waals surface area contributed by atoms with Gasteiger partial charge in [-0.15, -0.1) is 23.2 Å². The standard InChI is InChI=1S/C4Cl3NOS.CH2Cl2/c5-1-2(4(7)9)10-8-3(1)6;2-1-3/h;1H2.